The van der Waals surface area contributed by atoms with E-state index in [0.717, 1.165) is 61.6 Å². The first kappa shape index (κ1) is 28.2. The van der Waals surface area contributed by atoms with Gasteiger partial charge in [-0.15, -0.1) is 0 Å². The molecule has 4 rings (SSSR count). The number of nitrogen functional groups attached to an aromatic ring is 1. The molecule has 2 aliphatic rings. The molecule has 0 bridgehead atoms. The highest BCUT2D eigenvalue weighted by Gasteiger charge is 2.21. The SMILES string of the molecule is C[C@@H]1C#Cc2cc(N)ncc2CO[C@H](C[C@H](O)CCc2cc(OC3CCCCC3)c(O)cc2CO)CCC1. The van der Waals surface area contributed by atoms with Crippen LogP contribution in [0.2, 0.25) is 0 Å². The molecule has 0 amide bonds. The van der Waals surface area contributed by atoms with Gasteiger partial charge in [-0.05, 0) is 93.5 Å². The molecule has 0 radical (unpaired) electrons. The van der Waals surface area contributed by atoms with Gasteiger partial charge in [-0.3, -0.25) is 0 Å². The number of aromatic nitrogens is 1. The lowest BCUT2D eigenvalue weighted by atomic mass is 9.96. The van der Waals surface area contributed by atoms with E-state index < -0.39 is 6.10 Å². The summed E-state index contributed by atoms with van der Waals surface area (Å²) in [4.78, 5) is 4.21. The topological polar surface area (TPSA) is 118 Å². The zero-order valence-corrected chi connectivity index (χ0v) is 22.5. The van der Waals surface area contributed by atoms with Gasteiger partial charge < -0.3 is 30.5 Å². The molecule has 1 fully saturated rings. The van der Waals surface area contributed by atoms with Crippen molar-refractivity contribution in [2.45, 2.75) is 109 Å². The molecule has 1 aromatic heterocycles. The van der Waals surface area contributed by atoms with Crippen LogP contribution >= 0.6 is 0 Å². The molecule has 0 spiro atoms. The van der Waals surface area contributed by atoms with Crippen molar-refractivity contribution in [3.63, 3.8) is 0 Å². The van der Waals surface area contributed by atoms with Crippen LogP contribution in [-0.4, -0.2) is 38.6 Å². The number of pyridine rings is 1. The fraction of sp³-hybridized carbons (Fsp3) is 0.581. The average Bonchev–Trinajstić information content (AvgIpc) is 2.94. The van der Waals surface area contributed by atoms with E-state index in [1.165, 1.54) is 6.42 Å². The van der Waals surface area contributed by atoms with Crippen molar-refractivity contribution in [3.8, 4) is 23.3 Å². The molecule has 7 nitrogen and oxygen atoms in total. The van der Waals surface area contributed by atoms with Gasteiger partial charge in [0.2, 0.25) is 0 Å². The van der Waals surface area contributed by atoms with Gasteiger partial charge in [0, 0.05) is 23.2 Å². The van der Waals surface area contributed by atoms with Gasteiger partial charge in [-0.25, -0.2) is 4.98 Å². The van der Waals surface area contributed by atoms with Gasteiger partial charge in [0.05, 0.1) is 31.5 Å². The fourth-order valence-electron chi connectivity index (χ4n) is 5.37. The van der Waals surface area contributed by atoms with Crippen LogP contribution in [0.25, 0.3) is 0 Å². The summed E-state index contributed by atoms with van der Waals surface area (Å²) in [5.41, 5.74) is 9.18. The van der Waals surface area contributed by atoms with Crippen LogP contribution in [0.5, 0.6) is 11.5 Å². The molecule has 3 atom stereocenters. The Morgan fingerprint density at radius 1 is 1.11 bits per heavy atom. The van der Waals surface area contributed by atoms with Crippen molar-refractivity contribution in [3.05, 3.63) is 46.6 Å². The molecule has 38 heavy (non-hydrogen) atoms. The third kappa shape index (κ3) is 8.10. The normalized spacial score (nSPS) is 21.4. The Kier molecular flexibility index (Phi) is 10.3. The number of aliphatic hydroxyl groups excluding tert-OH is 2. The lowest BCUT2D eigenvalue weighted by molar-refractivity contribution is -0.00377. The zero-order chi connectivity index (χ0) is 26.9. The van der Waals surface area contributed by atoms with Crippen LogP contribution in [0.1, 0.15) is 93.4 Å². The summed E-state index contributed by atoms with van der Waals surface area (Å²) >= 11 is 0. The lowest BCUT2D eigenvalue weighted by Gasteiger charge is -2.24. The smallest absolute Gasteiger partial charge is 0.161 e. The summed E-state index contributed by atoms with van der Waals surface area (Å²) in [5, 5.41) is 31.3. The summed E-state index contributed by atoms with van der Waals surface area (Å²) in [6, 6.07) is 5.22. The molecule has 0 unspecified atom stereocenters. The van der Waals surface area contributed by atoms with Gasteiger partial charge in [0.15, 0.2) is 11.5 Å². The number of aryl methyl sites for hydroxylation is 1. The maximum Gasteiger partial charge on any atom is 0.161 e. The minimum atomic E-state index is -0.564. The van der Waals surface area contributed by atoms with Crippen molar-refractivity contribution in [1.29, 1.82) is 0 Å². The number of phenolic OH excluding ortho intramolecular Hbond substituents is 1. The first-order chi connectivity index (χ1) is 18.4. The highest BCUT2D eigenvalue weighted by molar-refractivity contribution is 5.47. The molecule has 1 aromatic carbocycles. The molecule has 1 saturated carbocycles. The van der Waals surface area contributed by atoms with Gasteiger partial charge >= 0.3 is 0 Å². The Bertz CT molecular complexity index is 1120. The number of ether oxygens (including phenoxy) is 2. The van der Waals surface area contributed by atoms with Gasteiger partial charge in [-0.2, -0.15) is 0 Å². The Morgan fingerprint density at radius 2 is 1.92 bits per heavy atom. The van der Waals surface area contributed by atoms with E-state index in [0.29, 0.717) is 43.0 Å². The molecule has 206 valence electrons. The summed E-state index contributed by atoms with van der Waals surface area (Å²) in [5.74, 6) is 7.79. The third-order valence-electron chi connectivity index (χ3n) is 7.68. The summed E-state index contributed by atoms with van der Waals surface area (Å²) < 4.78 is 12.4. The standard InChI is InChI=1S/C31H42N2O5/c1-21-6-5-9-28(37-20-25-18-33-31(32)16-23(25)11-10-21)17-26(35)13-12-22-15-30(29(36)14-24(22)19-34)38-27-7-3-2-4-8-27/h14-16,18,21,26-28,34-36H,2-9,12-13,17,19-20H2,1H3,(H2,32,33)/t21-,26+,28-/m0/s1. The van der Waals surface area contributed by atoms with Crippen molar-refractivity contribution in [2.75, 3.05) is 5.73 Å². The Labute approximate surface area is 226 Å². The maximum atomic E-state index is 11.0. The van der Waals surface area contributed by atoms with E-state index in [-0.39, 0.29) is 30.5 Å². The van der Waals surface area contributed by atoms with Crippen molar-refractivity contribution in [2.24, 2.45) is 5.92 Å². The van der Waals surface area contributed by atoms with Crippen LogP contribution in [0.3, 0.4) is 0 Å². The number of aromatic hydroxyl groups is 1. The number of aliphatic hydroxyl groups is 2. The Balaban J connectivity index is 1.38. The molecule has 2 aromatic rings. The molecule has 5 N–H and O–H groups in total. The molecule has 7 heteroatoms. The monoisotopic (exact) mass is 522 g/mol. The third-order valence-corrected chi connectivity index (χ3v) is 7.68. The van der Waals surface area contributed by atoms with E-state index >= 15 is 0 Å². The first-order valence-electron chi connectivity index (χ1n) is 14.1. The zero-order valence-electron chi connectivity index (χ0n) is 22.5. The van der Waals surface area contributed by atoms with Crippen LogP contribution in [0, 0.1) is 17.8 Å². The number of nitrogens with two attached hydrogens (primary N) is 1. The number of fused-ring (bicyclic) bond motifs is 1. The predicted molar refractivity (Wildman–Crippen MR) is 148 cm³/mol. The van der Waals surface area contributed by atoms with Crippen molar-refractivity contribution < 1.29 is 24.8 Å². The lowest BCUT2D eigenvalue weighted by Crippen LogP contribution is -2.22. The number of hydrogen-bond acceptors (Lipinski definition) is 7. The number of benzene rings is 1. The highest BCUT2D eigenvalue weighted by Crippen LogP contribution is 2.34. The molecule has 0 saturated heterocycles. The van der Waals surface area contributed by atoms with E-state index in [4.69, 9.17) is 15.2 Å². The minimum absolute atomic E-state index is 0.0597. The second-order valence-electron chi connectivity index (χ2n) is 10.9. The molecular formula is C31H42N2O5. The summed E-state index contributed by atoms with van der Waals surface area (Å²) in [7, 11) is 0. The quantitative estimate of drug-likeness (QED) is 0.360. The highest BCUT2D eigenvalue weighted by atomic mass is 16.5. The average molecular weight is 523 g/mol. The van der Waals surface area contributed by atoms with Crippen LogP contribution < -0.4 is 10.5 Å². The van der Waals surface area contributed by atoms with Crippen molar-refractivity contribution in [1.82, 2.24) is 4.98 Å². The van der Waals surface area contributed by atoms with Gasteiger partial charge in [0.25, 0.3) is 0 Å². The number of phenols is 1. The predicted octanol–water partition coefficient (Wildman–Crippen LogP) is 5.01. The van der Waals surface area contributed by atoms with Crippen molar-refractivity contribution >= 4 is 5.82 Å². The second-order valence-corrected chi connectivity index (χ2v) is 10.9. The van der Waals surface area contributed by atoms with Gasteiger partial charge in [-0.1, -0.05) is 25.2 Å². The van der Waals surface area contributed by atoms with E-state index in [2.05, 4.69) is 23.7 Å². The van der Waals surface area contributed by atoms with E-state index in [1.54, 1.807) is 18.3 Å². The minimum Gasteiger partial charge on any atom is -0.504 e. The number of anilines is 1. The maximum absolute atomic E-state index is 11.0. The summed E-state index contributed by atoms with van der Waals surface area (Å²) in [6.07, 6.45) is 11.1. The largest absolute Gasteiger partial charge is 0.504 e. The first-order valence-corrected chi connectivity index (χ1v) is 14.1. The molecule has 1 aliphatic heterocycles. The second kappa shape index (κ2) is 13.8. The van der Waals surface area contributed by atoms with Crippen LogP contribution in [0.15, 0.2) is 24.4 Å². The Hall–Kier alpha value is -2.79. The molecule has 1 aliphatic carbocycles. The number of nitrogens with zero attached hydrogens (tertiary/aromatic N) is 1. The Morgan fingerprint density at radius 3 is 2.71 bits per heavy atom. The fourth-order valence-corrected chi connectivity index (χ4v) is 5.37. The summed E-state index contributed by atoms with van der Waals surface area (Å²) in [6.45, 7) is 2.33. The number of hydrogen-bond donors (Lipinski definition) is 4. The molecular weight excluding hydrogens is 480 g/mol. The van der Waals surface area contributed by atoms with E-state index in [9.17, 15) is 15.3 Å². The van der Waals surface area contributed by atoms with E-state index in [1.807, 2.05) is 6.07 Å². The van der Waals surface area contributed by atoms with Crippen LogP contribution in [-0.2, 0) is 24.4 Å². The van der Waals surface area contributed by atoms with Crippen LogP contribution in [0.4, 0.5) is 5.82 Å². The molecule has 2 heterocycles. The van der Waals surface area contributed by atoms with Gasteiger partial charge in [0.1, 0.15) is 5.82 Å². The number of rotatable bonds is 8.